The zero-order valence-corrected chi connectivity index (χ0v) is 13.5. The van der Waals surface area contributed by atoms with Gasteiger partial charge in [-0.15, -0.1) is 0 Å². The molecule has 0 radical (unpaired) electrons. The third-order valence-corrected chi connectivity index (χ3v) is 4.06. The van der Waals surface area contributed by atoms with E-state index in [-0.39, 0.29) is 0 Å². The number of nitrogens with zero attached hydrogens (tertiary/aromatic N) is 1. The maximum absolute atomic E-state index is 5.25. The molecule has 0 aliphatic heterocycles. The molecule has 0 saturated heterocycles. The molecule has 0 fully saturated rings. The highest BCUT2D eigenvalue weighted by Gasteiger charge is 2.20. The number of hydrogen-bond donors (Lipinski definition) is 0. The number of rotatable bonds is 10. The highest BCUT2D eigenvalue weighted by atomic mass is 79.9. The van der Waals surface area contributed by atoms with Crippen LogP contribution in [-0.2, 0) is 9.47 Å². The Morgan fingerprint density at radius 1 is 1.12 bits per heavy atom. The highest BCUT2D eigenvalue weighted by Crippen LogP contribution is 2.16. The molecule has 0 aromatic carbocycles. The summed E-state index contributed by atoms with van der Waals surface area (Å²) in [6.45, 7) is 10.4. The predicted molar refractivity (Wildman–Crippen MR) is 76.9 cm³/mol. The van der Waals surface area contributed by atoms with Gasteiger partial charge in [-0.1, -0.05) is 29.8 Å². The largest absolute Gasteiger partial charge is 0.383 e. The molecule has 0 saturated carbocycles. The Labute approximate surface area is 115 Å². The van der Waals surface area contributed by atoms with Crippen molar-refractivity contribution in [3.05, 3.63) is 0 Å². The normalized spacial score (nSPS) is 15.5. The topological polar surface area (TPSA) is 21.7 Å². The first kappa shape index (κ1) is 17.4. The molecule has 3 nitrogen and oxygen atoms in total. The molecule has 0 aliphatic carbocycles. The van der Waals surface area contributed by atoms with E-state index < -0.39 is 0 Å². The fourth-order valence-electron chi connectivity index (χ4n) is 1.79. The van der Waals surface area contributed by atoms with Gasteiger partial charge in [-0.2, -0.15) is 0 Å². The summed E-state index contributed by atoms with van der Waals surface area (Å²) in [5, 5.41) is 1.05. The fourth-order valence-corrected chi connectivity index (χ4v) is 2.74. The van der Waals surface area contributed by atoms with Crippen LogP contribution in [0.1, 0.15) is 20.8 Å². The van der Waals surface area contributed by atoms with Gasteiger partial charge in [-0.05, 0) is 18.8 Å². The molecule has 0 bridgehead atoms. The Morgan fingerprint density at radius 3 is 2.18 bits per heavy atom. The molecule has 4 heteroatoms. The average molecular weight is 310 g/mol. The lowest BCUT2D eigenvalue weighted by molar-refractivity contribution is 0.0625. The zero-order chi connectivity index (χ0) is 13.3. The van der Waals surface area contributed by atoms with Gasteiger partial charge < -0.3 is 9.47 Å². The first-order valence-electron chi connectivity index (χ1n) is 6.34. The van der Waals surface area contributed by atoms with Gasteiger partial charge in [0.05, 0.1) is 13.2 Å². The van der Waals surface area contributed by atoms with E-state index in [2.05, 4.69) is 41.6 Å². The van der Waals surface area contributed by atoms with E-state index in [9.17, 15) is 0 Å². The summed E-state index contributed by atoms with van der Waals surface area (Å²) >= 11 is 3.61. The molecule has 0 amide bonds. The van der Waals surface area contributed by atoms with Crippen LogP contribution in [-0.4, -0.2) is 56.8 Å². The molecule has 2 unspecified atom stereocenters. The van der Waals surface area contributed by atoms with E-state index in [4.69, 9.17) is 9.47 Å². The van der Waals surface area contributed by atoms with Crippen molar-refractivity contribution in [2.45, 2.75) is 26.8 Å². The minimum Gasteiger partial charge on any atom is -0.383 e. The summed E-state index contributed by atoms with van der Waals surface area (Å²) in [5.74, 6) is 1.36. The van der Waals surface area contributed by atoms with Gasteiger partial charge in [0, 0.05) is 38.7 Å². The van der Waals surface area contributed by atoms with Crippen molar-refractivity contribution in [3.8, 4) is 0 Å². The van der Waals surface area contributed by atoms with Crippen LogP contribution in [0, 0.1) is 11.8 Å². The second-order valence-corrected chi connectivity index (χ2v) is 5.60. The Bertz CT molecular complexity index is 179. The van der Waals surface area contributed by atoms with E-state index in [1.165, 1.54) is 0 Å². The van der Waals surface area contributed by atoms with Crippen molar-refractivity contribution in [2.24, 2.45) is 11.8 Å². The summed E-state index contributed by atoms with van der Waals surface area (Å²) in [4.78, 5) is 2.46. The van der Waals surface area contributed by atoms with Crippen LogP contribution in [0.4, 0.5) is 0 Å². The van der Waals surface area contributed by atoms with Crippen LogP contribution in [0.2, 0.25) is 0 Å². The third kappa shape index (κ3) is 7.39. The first-order chi connectivity index (χ1) is 8.06. The molecule has 17 heavy (non-hydrogen) atoms. The predicted octanol–water partition coefficient (Wildman–Crippen LogP) is 2.64. The fraction of sp³-hybridized carbons (Fsp3) is 1.00. The Morgan fingerprint density at radius 2 is 1.76 bits per heavy atom. The summed E-state index contributed by atoms with van der Waals surface area (Å²) in [5.41, 5.74) is 0. The average Bonchev–Trinajstić information content (AvgIpc) is 2.29. The summed E-state index contributed by atoms with van der Waals surface area (Å²) in [6.07, 6.45) is 0. The Hall–Kier alpha value is 0.360. The van der Waals surface area contributed by atoms with Crippen molar-refractivity contribution in [1.82, 2.24) is 4.90 Å². The maximum Gasteiger partial charge on any atom is 0.0615 e. The van der Waals surface area contributed by atoms with Gasteiger partial charge >= 0.3 is 0 Å². The Kier molecular flexibility index (Phi) is 10.5. The number of halogens is 1. The minimum atomic E-state index is 0.440. The number of methoxy groups -OCH3 is 2. The lowest BCUT2D eigenvalue weighted by Gasteiger charge is -2.33. The maximum atomic E-state index is 5.25. The van der Waals surface area contributed by atoms with Crippen LogP contribution in [0.5, 0.6) is 0 Å². The van der Waals surface area contributed by atoms with Crippen LogP contribution in [0.3, 0.4) is 0 Å². The van der Waals surface area contributed by atoms with Crippen molar-refractivity contribution in [3.63, 3.8) is 0 Å². The van der Waals surface area contributed by atoms with Crippen molar-refractivity contribution >= 4 is 15.9 Å². The molecule has 0 heterocycles. The zero-order valence-electron chi connectivity index (χ0n) is 11.9. The van der Waals surface area contributed by atoms with E-state index in [0.29, 0.717) is 17.9 Å². The summed E-state index contributed by atoms with van der Waals surface area (Å²) in [6, 6.07) is 0.440. The number of hydrogen-bond acceptors (Lipinski definition) is 3. The molecular formula is C13H28BrNO2. The van der Waals surface area contributed by atoms with Crippen molar-refractivity contribution in [2.75, 3.05) is 45.9 Å². The van der Waals surface area contributed by atoms with E-state index in [0.717, 1.165) is 31.6 Å². The second-order valence-electron chi connectivity index (χ2n) is 4.95. The highest BCUT2D eigenvalue weighted by molar-refractivity contribution is 9.09. The third-order valence-electron chi connectivity index (χ3n) is 3.22. The van der Waals surface area contributed by atoms with E-state index >= 15 is 0 Å². The van der Waals surface area contributed by atoms with Gasteiger partial charge in [0.25, 0.3) is 0 Å². The monoisotopic (exact) mass is 309 g/mol. The molecule has 0 aromatic rings. The van der Waals surface area contributed by atoms with Crippen LogP contribution in [0.25, 0.3) is 0 Å². The smallest absolute Gasteiger partial charge is 0.0615 e. The molecule has 0 spiro atoms. The van der Waals surface area contributed by atoms with Gasteiger partial charge in [0.2, 0.25) is 0 Å². The van der Waals surface area contributed by atoms with Gasteiger partial charge in [0.15, 0.2) is 0 Å². The standard InChI is InChI=1S/C13H28BrNO2/c1-11(2)13(8-14)9-15(6-7-16-4)12(3)10-17-5/h11-13H,6-10H2,1-5H3. The van der Waals surface area contributed by atoms with Crippen LogP contribution >= 0.6 is 15.9 Å². The van der Waals surface area contributed by atoms with E-state index in [1.54, 1.807) is 14.2 Å². The van der Waals surface area contributed by atoms with Crippen LogP contribution < -0.4 is 0 Å². The molecule has 0 aromatic heterocycles. The van der Waals surface area contributed by atoms with Gasteiger partial charge in [-0.25, -0.2) is 0 Å². The Balaban J connectivity index is 4.34. The van der Waals surface area contributed by atoms with Crippen molar-refractivity contribution in [1.29, 1.82) is 0 Å². The minimum absolute atomic E-state index is 0.440. The second kappa shape index (κ2) is 10.3. The molecular weight excluding hydrogens is 282 g/mol. The molecule has 0 N–H and O–H groups in total. The summed E-state index contributed by atoms with van der Waals surface area (Å²) < 4.78 is 10.4. The lowest BCUT2D eigenvalue weighted by atomic mass is 9.97. The molecule has 2 atom stereocenters. The van der Waals surface area contributed by atoms with Gasteiger partial charge in [-0.3, -0.25) is 4.90 Å². The molecule has 0 rings (SSSR count). The van der Waals surface area contributed by atoms with E-state index in [1.807, 2.05) is 0 Å². The van der Waals surface area contributed by atoms with Crippen molar-refractivity contribution < 1.29 is 9.47 Å². The number of alkyl halides is 1. The quantitative estimate of drug-likeness (QED) is 0.579. The lowest BCUT2D eigenvalue weighted by Crippen LogP contribution is -2.42. The first-order valence-corrected chi connectivity index (χ1v) is 7.46. The van der Waals surface area contributed by atoms with Crippen LogP contribution in [0.15, 0.2) is 0 Å². The molecule has 104 valence electrons. The molecule has 0 aliphatic rings. The number of ether oxygens (including phenoxy) is 2. The summed E-state index contributed by atoms with van der Waals surface area (Å²) in [7, 11) is 3.51. The van der Waals surface area contributed by atoms with Gasteiger partial charge in [0.1, 0.15) is 0 Å². The SMILES string of the molecule is COCCN(CC(CBr)C(C)C)C(C)COC.